The summed E-state index contributed by atoms with van der Waals surface area (Å²) >= 11 is 5.93. The van der Waals surface area contributed by atoms with E-state index in [0.717, 1.165) is 37.6 Å². The van der Waals surface area contributed by atoms with Crippen molar-refractivity contribution in [3.63, 3.8) is 0 Å². The van der Waals surface area contributed by atoms with Crippen molar-refractivity contribution in [3.8, 4) is 0 Å². The van der Waals surface area contributed by atoms with Gasteiger partial charge in [-0.15, -0.1) is 0 Å². The van der Waals surface area contributed by atoms with Crippen LogP contribution in [0.25, 0.3) is 0 Å². The number of piperidine rings is 1. The third-order valence-corrected chi connectivity index (χ3v) is 3.20. The first-order valence-corrected chi connectivity index (χ1v) is 6.38. The van der Waals surface area contributed by atoms with Crippen molar-refractivity contribution >= 4 is 11.6 Å². The predicted molar refractivity (Wildman–Crippen MR) is 68.8 cm³/mol. The molecule has 94 valence electrons. The summed E-state index contributed by atoms with van der Waals surface area (Å²) in [5.74, 6) is 1.43. The lowest BCUT2D eigenvalue weighted by atomic mass is 9.97. The first kappa shape index (κ1) is 12.7. The van der Waals surface area contributed by atoms with Crippen LogP contribution in [-0.4, -0.2) is 34.0 Å². The van der Waals surface area contributed by atoms with Crippen molar-refractivity contribution in [1.29, 1.82) is 0 Å². The molecule has 17 heavy (non-hydrogen) atoms. The normalized spacial score (nSPS) is 26.1. The minimum Gasteiger partial charge on any atom is -0.327 e. The van der Waals surface area contributed by atoms with Gasteiger partial charge in [0, 0.05) is 24.8 Å². The van der Waals surface area contributed by atoms with Crippen LogP contribution in [0.15, 0.2) is 6.07 Å². The molecule has 4 nitrogen and oxygen atoms in total. The van der Waals surface area contributed by atoms with E-state index >= 15 is 0 Å². The first-order chi connectivity index (χ1) is 8.02. The summed E-state index contributed by atoms with van der Waals surface area (Å²) in [5, 5.41) is 0.516. The molecule has 0 radical (unpaired) electrons. The van der Waals surface area contributed by atoms with Crippen molar-refractivity contribution < 1.29 is 0 Å². The number of halogens is 1. The number of likely N-dealkylation sites (tertiary alicyclic amines) is 1. The predicted octanol–water partition coefficient (Wildman–Crippen LogP) is 1.61. The average molecular weight is 255 g/mol. The zero-order valence-electron chi connectivity index (χ0n) is 10.4. The molecule has 1 aliphatic rings. The summed E-state index contributed by atoms with van der Waals surface area (Å²) in [5.41, 5.74) is 6.93. The minimum absolute atomic E-state index is 0.263. The molecule has 2 atom stereocenters. The molecule has 0 spiro atoms. The highest BCUT2D eigenvalue weighted by molar-refractivity contribution is 6.29. The Bertz CT molecular complexity index is 366. The van der Waals surface area contributed by atoms with Crippen molar-refractivity contribution in [2.45, 2.75) is 32.9 Å². The maximum absolute atomic E-state index is 6.02. The van der Waals surface area contributed by atoms with Crippen LogP contribution < -0.4 is 5.73 Å². The third kappa shape index (κ3) is 3.63. The largest absolute Gasteiger partial charge is 0.327 e. The molecule has 1 fully saturated rings. The van der Waals surface area contributed by atoms with Gasteiger partial charge in [-0.2, -0.15) is 0 Å². The van der Waals surface area contributed by atoms with Crippen LogP contribution in [0, 0.1) is 12.8 Å². The highest BCUT2D eigenvalue weighted by Crippen LogP contribution is 2.17. The van der Waals surface area contributed by atoms with Crippen molar-refractivity contribution in [2.75, 3.05) is 13.1 Å². The van der Waals surface area contributed by atoms with Gasteiger partial charge in [0.15, 0.2) is 0 Å². The van der Waals surface area contributed by atoms with Gasteiger partial charge in [-0.25, -0.2) is 9.97 Å². The number of hydrogen-bond acceptors (Lipinski definition) is 4. The SMILES string of the molecule is Cc1cc(Cl)nc(CN2CC(C)CC(N)C2)n1. The second kappa shape index (κ2) is 5.29. The smallest absolute Gasteiger partial charge is 0.144 e. The van der Waals surface area contributed by atoms with Gasteiger partial charge in [0.1, 0.15) is 11.0 Å². The number of nitrogens with zero attached hydrogens (tertiary/aromatic N) is 3. The van der Waals surface area contributed by atoms with Crippen LogP contribution in [-0.2, 0) is 6.54 Å². The molecule has 2 N–H and O–H groups in total. The summed E-state index contributed by atoms with van der Waals surface area (Å²) < 4.78 is 0. The number of nitrogens with two attached hydrogens (primary N) is 1. The van der Waals surface area contributed by atoms with Crippen LogP contribution in [0.3, 0.4) is 0 Å². The number of rotatable bonds is 2. The zero-order valence-corrected chi connectivity index (χ0v) is 11.1. The van der Waals surface area contributed by atoms with E-state index < -0.39 is 0 Å². The molecule has 0 aromatic carbocycles. The second-order valence-electron chi connectivity index (χ2n) is 5.04. The van der Waals surface area contributed by atoms with Gasteiger partial charge < -0.3 is 5.73 Å². The molecule has 0 bridgehead atoms. The summed E-state index contributed by atoms with van der Waals surface area (Å²) in [4.78, 5) is 11.0. The summed E-state index contributed by atoms with van der Waals surface area (Å²) in [6.07, 6.45) is 1.10. The lowest BCUT2D eigenvalue weighted by Gasteiger charge is -2.34. The highest BCUT2D eigenvalue weighted by atomic mass is 35.5. The maximum Gasteiger partial charge on any atom is 0.144 e. The monoisotopic (exact) mass is 254 g/mol. The van der Waals surface area contributed by atoms with E-state index in [9.17, 15) is 0 Å². The van der Waals surface area contributed by atoms with Crippen LogP contribution in [0.4, 0.5) is 0 Å². The lowest BCUT2D eigenvalue weighted by Crippen LogP contribution is -2.46. The van der Waals surface area contributed by atoms with Gasteiger partial charge >= 0.3 is 0 Å². The number of aromatic nitrogens is 2. The standard InChI is InChI=1S/C12H19ClN4/c1-8-3-10(14)6-17(5-8)7-12-15-9(2)4-11(13)16-12/h4,8,10H,3,5-7,14H2,1-2H3. The van der Waals surface area contributed by atoms with Crippen LogP contribution in [0.2, 0.25) is 5.15 Å². The van der Waals surface area contributed by atoms with Crippen LogP contribution >= 0.6 is 11.6 Å². The third-order valence-electron chi connectivity index (χ3n) is 3.00. The fourth-order valence-corrected chi connectivity index (χ4v) is 2.76. The highest BCUT2D eigenvalue weighted by Gasteiger charge is 2.22. The average Bonchev–Trinajstić information content (AvgIpc) is 2.13. The van der Waals surface area contributed by atoms with E-state index in [0.29, 0.717) is 11.1 Å². The van der Waals surface area contributed by atoms with E-state index in [1.54, 1.807) is 6.07 Å². The van der Waals surface area contributed by atoms with Crippen molar-refractivity contribution in [2.24, 2.45) is 11.7 Å². The molecule has 1 aliphatic heterocycles. The van der Waals surface area contributed by atoms with Gasteiger partial charge in [0.2, 0.25) is 0 Å². The molecule has 0 aliphatic carbocycles. The van der Waals surface area contributed by atoms with Gasteiger partial charge in [-0.1, -0.05) is 18.5 Å². The lowest BCUT2D eigenvalue weighted by molar-refractivity contribution is 0.155. The molecule has 0 amide bonds. The van der Waals surface area contributed by atoms with Gasteiger partial charge in [-0.3, -0.25) is 4.90 Å². The Hall–Kier alpha value is -0.710. The quantitative estimate of drug-likeness (QED) is 0.815. The molecular formula is C12H19ClN4. The molecule has 5 heteroatoms. The van der Waals surface area contributed by atoms with E-state index in [-0.39, 0.29) is 6.04 Å². The summed E-state index contributed by atoms with van der Waals surface area (Å²) in [6, 6.07) is 2.04. The summed E-state index contributed by atoms with van der Waals surface area (Å²) in [7, 11) is 0. The number of hydrogen-bond donors (Lipinski definition) is 1. The number of aryl methyl sites for hydroxylation is 1. The van der Waals surface area contributed by atoms with E-state index in [2.05, 4.69) is 21.8 Å². The fraction of sp³-hybridized carbons (Fsp3) is 0.667. The molecule has 2 heterocycles. The Morgan fingerprint density at radius 2 is 2.24 bits per heavy atom. The van der Waals surface area contributed by atoms with Crippen molar-refractivity contribution in [1.82, 2.24) is 14.9 Å². The first-order valence-electron chi connectivity index (χ1n) is 6.01. The van der Waals surface area contributed by atoms with E-state index in [1.807, 2.05) is 6.92 Å². The maximum atomic E-state index is 6.02. The Kier molecular flexibility index (Phi) is 3.97. The van der Waals surface area contributed by atoms with E-state index in [1.165, 1.54) is 0 Å². The van der Waals surface area contributed by atoms with Crippen LogP contribution in [0.5, 0.6) is 0 Å². The topological polar surface area (TPSA) is 55.0 Å². The van der Waals surface area contributed by atoms with Crippen molar-refractivity contribution in [3.05, 3.63) is 22.7 Å². The van der Waals surface area contributed by atoms with Crippen LogP contribution in [0.1, 0.15) is 24.9 Å². The molecule has 2 unspecified atom stereocenters. The molecule has 1 aromatic heterocycles. The molecular weight excluding hydrogens is 236 g/mol. The molecule has 1 saturated heterocycles. The van der Waals surface area contributed by atoms with E-state index in [4.69, 9.17) is 17.3 Å². The Morgan fingerprint density at radius 3 is 2.88 bits per heavy atom. The minimum atomic E-state index is 0.263. The molecule has 0 saturated carbocycles. The Labute approximate surface area is 107 Å². The van der Waals surface area contributed by atoms with Gasteiger partial charge in [0.05, 0.1) is 6.54 Å². The van der Waals surface area contributed by atoms with Gasteiger partial charge in [-0.05, 0) is 25.3 Å². The summed E-state index contributed by atoms with van der Waals surface area (Å²) in [6.45, 7) is 6.87. The fourth-order valence-electron chi connectivity index (χ4n) is 2.50. The molecule has 2 rings (SSSR count). The Morgan fingerprint density at radius 1 is 1.47 bits per heavy atom. The van der Waals surface area contributed by atoms with Gasteiger partial charge in [0.25, 0.3) is 0 Å². The zero-order chi connectivity index (χ0) is 12.4. The molecule has 1 aromatic rings. The second-order valence-corrected chi connectivity index (χ2v) is 5.43. The Balaban J connectivity index is 2.04.